The number of carbonyl (C=O) groups excluding carboxylic acids is 1. The average molecular weight is 738 g/mol. The van der Waals surface area contributed by atoms with Crippen molar-refractivity contribution >= 4 is 13.7 Å². The molecule has 50 heavy (non-hydrogen) atoms. The highest BCUT2D eigenvalue weighted by Gasteiger charge is 2.51. The zero-order chi connectivity index (χ0) is 37.2. The molecule has 9 atom stereocenters. The lowest BCUT2D eigenvalue weighted by atomic mass is 9.85. The molecule has 1 amide bonds. The molecule has 296 valence electrons. The molecular weight excluding hydrogens is 665 g/mol. The zero-order valence-corrected chi connectivity index (χ0v) is 31.8. The molecule has 0 saturated heterocycles. The number of aliphatic hydroxyl groups is 6. The lowest BCUT2D eigenvalue weighted by molar-refractivity contribution is -0.220. The van der Waals surface area contributed by atoms with Crippen LogP contribution in [0.3, 0.4) is 0 Å². The Morgan fingerprint density at radius 2 is 1.06 bits per heavy atom. The van der Waals surface area contributed by atoms with Gasteiger partial charge >= 0.3 is 7.82 Å². The molecule has 8 N–H and O–H groups in total. The van der Waals surface area contributed by atoms with Gasteiger partial charge in [0.05, 0.1) is 18.8 Å². The van der Waals surface area contributed by atoms with Crippen LogP contribution < -0.4 is 5.32 Å². The van der Waals surface area contributed by atoms with Crippen molar-refractivity contribution in [2.45, 2.75) is 210 Å². The Morgan fingerprint density at radius 3 is 1.52 bits per heavy atom. The number of nitrogens with one attached hydrogen (secondary N) is 1. The fraction of sp³-hybridized carbons (Fsp3) is 0.919. The summed E-state index contributed by atoms with van der Waals surface area (Å²) in [6.07, 6.45) is 16.0. The second-order valence-electron chi connectivity index (χ2n) is 14.1. The van der Waals surface area contributed by atoms with Crippen molar-refractivity contribution in [1.82, 2.24) is 5.32 Å². The number of hydrogen-bond acceptors (Lipinski definition) is 10. The van der Waals surface area contributed by atoms with Gasteiger partial charge in [0.15, 0.2) is 0 Å². The first kappa shape index (κ1) is 47.1. The second-order valence-corrected chi connectivity index (χ2v) is 15.5. The van der Waals surface area contributed by atoms with Crippen LogP contribution >= 0.6 is 7.82 Å². The van der Waals surface area contributed by atoms with Crippen LogP contribution in [0.4, 0.5) is 0 Å². The minimum atomic E-state index is -5.06. The lowest BCUT2D eigenvalue weighted by Crippen LogP contribution is -2.64. The van der Waals surface area contributed by atoms with Gasteiger partial charge in [-0.15, -0.1) is 0 Å². The molecule has 1 aliphatic carbocycles. The van der Waals surface area contributed by atoms with Gasteiger partial charge in [0.2, 0.25) is 5.91 Å². The van der Waals surface area contributed by atoms with Crippen LogP contribution in [-0.2, 0) is 18.4 Å². The monoisotopic (exact) mass is 737 g/mol. The smallest absolute Gasteiger partial charge is 0.387 e. The van der Waals surface area contributed by atoms with Crippen molar-refractivity contribution in [2.75, 3.05) is 6.61 Å². The standard InChI is InChI=1S/C37H72NO11P/c1-3-5-7-9-11-13-14-15-16-17-18-19-20-22-24-26-30(39)29(38-31(40)27-25-23-21-12-10-8-6-4-2)28-48-50(46,47)49-37-35(44)33(42)32(41)34(43)36(37)45/h24,26,29-30,32-37,39,41-45H,3-23,25,27-28H2,1-2H3,(H,38,40)(H,46,47)/b26-24+/t29-,30+,32?,33+,34?,35?,36?,37?/m0/s1. The molecule has 13 heteroatoms. The van der Waals surface area contributed by atoms with Crippen molar-refractivity contribution in [3.63, 3.8) is 0 Å². The predicted molar refractivity (Wildman–Crippen MR) is 195 cm³/mol. The van der Waals surface area contributed by atoms with E-state index in [1.807, 2.05) is 6.08 Å². The van der Waals surface area contributed by atoms with Gasteiger partial charge in [-0.25, -0.2) is 4.57 Å². The summed E-state index contributed by atoms with van der Waals surface area (Å²) in [5.41, 5.74) is 0. The fourth-order valence-electron chi connectivity index (χ4n) is 6.25. The van der Waals surface area contributed by atoms with Crippen molar-refractivity contribution in [3.05, 3.63) is 12.2 Å². The van der Waals surface area contributed by atoms with Gasteiger partial charge in [0.25, 0.3) is 0 Å². The van der Waals surface area contributed by atoms with E-state index in [0.29, 0.717) is 6.42 Å². The van der Waals surface area contributed by atoms with Crippen molar-refractivity contribution in [1.29, 1.82) is 0 Å². The first-order valence-electron chi connectivity index (χ1n) is 19.6. The summed E-state index contributed by atoms with van der Waals surface area (Å²) < 4.78 is 22.7. The Bertz CT molecular complexity index is 910. The van der Waals surface area contributed by atoms with E-state index in [1.165, 1.54) is 96.0 Å². The van der Waals surface area contributed by atoms with Gasteiger partial charge in [0.1, 0.15) is 36.6 Å². The normalized spacial score (nSPS) is 25.1. The highest BCUT2D eigenvalue weighted by atomic mass is 31.2. The fourth-order valence-corrected chi connectivity index (χ4v) is 7.22. The third-order valence-electron chi connectivity index (χ3n) is 9.57. The molecule has 0 aromatic rings. The van der Waals surface area contributed by atoms with Crippen LogP contribution in [0.2, 0.25) is 0 Å². The van der Waals surface area contributed by atoms with Gasteiger partial charge in [-0.3, -0.25) is 13.8 Å². The van der Waals surface area contributed by atoms with Crippen molar-refractivity contribution in [3.8, 4) is 0 Å². The number of aliphatic hydroxyl groups excluding tert-OH is 6. The number of rotatable bonds is 31. The second kappa shape index (κ2) is 28.6. The maximum atomic E-state index is 12.8. The van der Waals surface area contributed by atoms with Crippen LogP contribution in [0.15, 0.2) is 12.2 Å². The molecule has 0 radical (unpaired) electrons. The van der Waals surface area contributed by atoms with Gasteiger partial charge < -0.3 is 40.8 Å². The Morgan fingerprint density at radius 1 is 0.660 bits per heavy atom. The largest absolute Gasteiger partial charge is 0.472 e. The van der Waals surface area contributed by atoms with E-state index in [0.717, 1.165) is 44.9 Å². The van der Waals surface area contributed by atoms with E-state index in [1.54, 1.807) is 0 Å². The van der Waals surface area contributed by atoms with Crippen molar-refractivity contribution < 1.29 is 53.9 Å². The lowest BCUT2D eigenvalue weighted by Gasteiger charge is -2.41. The van der Waals surface area contributed by atoms with E-state index in [2.05, 4.69) is 19.2 Å². The summed E-state index contributed by atoms with van der Waals surface area (Å²) >= 11 is 0. The molecule has 0 spiro atoms. The first-order valence-corrected chi connectivity index (χ1v) is 21.1. The van der Waals surface area contributed by atoms with E-state index >= 15 is 0 Å². The molecule has 12 nitrogen and oxygen atoms in total. The first-order chi connectivity index (χ1) is 23.9. The molecular formula is C37H72NO11P. The highest BCUT2D eigenvalue weighted by molar-refractivity contribution is 7.47. The van der Waals surface area contributed by atoms with E-state index < -0.39 is 63.2 Å². The average Bonchev–Trinajstić information content (AvgIpc) is 3.09. The highest BCUT2D eigenvalue weighted by Crippen LogP contribution is 2.47. The van der Waals surface area contributed by atoms with E-state index in [9.17, 15) is 44.9 Å². The molecule has 1 saturated carbocycles. The van der Waals surface area contributed by atoms with Crippen LogP contribution in [-0.4, -0.2) is 96.8 Å². The molecule has 1 rings (SSSR count). The number of phosphoric acid groups is 1. The summed E-state index contributed by atoms with van der Waals surface area (Å²) in [6, 6.07) is -1.11. The number of amides is 1. The predicted octanol–water partition coefficient (Wildman–Crippen LogP) is 5.72. The van der Waals surface area contributed by atoms with Crippen LogP contribution in [0.5, 0.6) is 0 Å². The molecule has 0 bridgehead atoms. The Labute approximate surface area is 301 Å². The topological polar surface area (TPSA) is 206 Å². The Balaban J connectivity index is 2.58. The third kappa shape index (κ3) is 20.9. The number of hydrogen-bond donors (Lipinski definition) is 8. The maximum absolute atomic E-state index is 12.8. The molecule has 0 aromatic heterocycles. The summed E-state index contributed by atoms with van der Waals surface area (Å²) in [5, 5.41) is 63.6. The van der Waals surface area contributed by atoms with Gasteiger partial charge in [0, 0.05) is 6.42 Å². The maximum Gasteiger partial charge on any atom is 0.472 e. The van der Waals surface area contributed by atoms with Crippen LogP contribution in [0, 0.1) is 0 Å². The minimum Gasteiger partial charge on any atom is -0.387 e. The summed E-state index contributed by atoms with van der Waals surface area (Å²) in [6.45, 7) is 3.76. The molecule has 1 aliphatic rings. The number of unbranched alkanes of at least 4 members (excludes halogenated alkanes) is 20. The summed E-state index contributed by atoms with van der Waals surface area (Å²) in [4.78, 5) is 23.1. The SMILES string of the molecule is CCCCCCCCCCCCCCC/C=C/[C@@H](O)[C@H](COP(=O)(O)OC1C(O)C(O)C(O)[C@@H](O)C1O)NC(=O)CCCCCCCCCC. The quantitative estimate of drug-likeness (QED) is 0.0245. The van der Waals surface area contributed by atoms with E-state index in [-0.39, 0.29) is 12.3 Å². The molecule has 0 heterocycles. The number of phosphoric ester groups is 1. The summed E-state index contributed by atoms with van der Waals surface area (Å²) in [5.74, 6) is -0.347. The van der Waals surface area contributed by atoms with Gasteiger partial charge in [-0.1, -0.05) is 148 Å². The molecule has 0 aromatic carbocycles. The van der Waals surface area contributed by atoms with Crippen molar-refractivity contribution in [2.24, 2.45) is 0 Å². The Kier molecular flexibility index (Phi) is 26.9. The number of allylic oxidation sites excluding steroid dienone is 1. The van der Waals surface area contributed by atoms with Crippen LogP contribution in [0.1, 0.15) is 162 Å². The molecule has 6 unspecified atom stereocenters. The molecule has 0 aliphatic heterocycles. The van der Waals surface area contributed by atoms with Gasteiger partial charge in [-0.2, -0.15) is 0 Å². The van der Waals surface area contributed by atoms with E-state index in [4.69, 9.17) is 9.05 Å². The Hall–Kier alpha value is -0.920. The van der Waals surface area contributed by atoms with Crippen LogP contribution in [0.25, 0.3) is 0 Å². The molecule has 1 fully saturated rings. The zero-order valence-electron chi connectivity index (χ0n) is 31.0. The van der Waals surface area contributed by atoms with Gasteiger partial charge in [-0.05, 0) is 19.3 Å². The minimum absolute atomic E-state index is 0.215. The summed E-state index contributed by atoms with van der Waals surface area (Å²) in [7, 11) is -5.06. The third-order valence-corrected chi connectivity index (χ3v) is 10.6. The number of carbonyl (C=O) groups is 1.